The standard InChI is InChI=1S/C17H27N3/c1-13(14-6-8-15(9-7-14)19(2)3)18-16-10-12-20-11-4-5-17(16)20/h6-9,13,16-18H,4-5,10-12H2,1-3H3. The Bertz CT molecular complexity index is 440. The maximum Gasteiger partial charge on any atom is 0.0361 e. The van der Waals surface area contributed by atoms with Crippen LogP contribution in [0.1, 0.15) is 37.8 Å². The molecule has 2 heterocycles. The quantitative estimate of drug-likeness (QED) is 0.910. The third-order valence-electron chi connectivity index (χ3n) is 4.98. The van der Waals surface area contributed by atoms with Gasteiger partial charge in [-0.2, -0.15) is 0 Å². The molecule has 3 nitrogen and oxygen atoms in total. The second-order valence-corrected chi connectivity index (χ2v) is 6.52. The number of fused-ring (bicyclic) bond motifs is 1. The van der Waals surface area contributed by atoms with E-state index in [0.29, 0.717) is 12.1 Å². The van der Waals surface area contributed by atoms with Gasteiger partial charge in [0.25, 0.3) is 0 Å². The average Bonchev–Trinajstić information content (AvgIpc) is 3.04. The summed E-state index contributed by atoms with van der Waals surface area (Å²) in [4.78, 5) is 4.81. The molecule has 2 saturated heterocycles. The minimum Gasteiger partial charge on any atom is -0.378 e. The van der Waals surface area contributed by atoms with E-state index in [2.05, 4.69) is 60.4 Å². The van der Waals surface area contributed by atoms with Gasteiger partial charge < -0.3 is 10.2 Å². The lowest BCUT2D eigenvalue weighted by molar-refractivity contribution is 0.291. The maximum absolute atomic E-state index is 3.86. The molecule has 3 heteroatoms. The first-order chi connectivity index (χ1) is 9.65. The smallest absolute Gasteiger partial charge is 0.0361 e. The van der Waals surface area contributed by atoms with Crippen molar-refractivity contribution < 1.29 is 0 Å². The summed E-state index contributed by atoms with van der Waals surface area (Å²) in [5, 5.41) is 3.86. The van der Waals surface area contributed by atoms with Gasteiger partial charge in [0.1, 0.15) is 0 Å². The molecule has 20 heavy (non-hydrogen) atoms. The Morgan fingerprint density at radius 2 is 1.90 bits per heavy atom. The van der Waals surface area contributed by atoms with Crippen LogP contribution in [0.2, 0.25) is 0 Å². The highest BCUT2D eigenvalue weighted by Crippen LogP contribution is 2.29. The van der Waals surface area contributed by atoms with Crippen molar-refractivity contribution in [3.05, 3.63) is 29.8 Å². The highest BCUT2D eigenvalue weighted by molar-refractivity contribution is 5.46. The van der Waals surface area contributed by atoms with Crippen LogP contribution in [0, 0.1) is 0 Å². The van der Waals surface area contributed by atoms with Crippen LogP contribution in [0.5, 0.6) is 0 Å². The third kappa shape index (κ3) is 2.70. The van der Waals surface area contributed by atoms with E-state index in [4.69, 9.17) is 0 Å². The van der Waals surface area contributed by atoms with Crippen LogP contribution in [0.4, 0.5) is 5.69 Å². The minimum atomic E-state index is 0.441. The molecule has 0 bridgehead atoms. The van der Waals surface area contributed by atoms with Gasteiger partial charge in [0.05, 0.1) is 0 Å². The molecule has 0 saturated carbocycles. The van der Waals surface area contributed by atoms with Crippen molar-refractivity contribution in [1.29, 1.82) is 0 Å². The Morgan fingerprint density at radius 1 is 1.15 bits per heavy atom. The molecule has 3 unspecified atom stereocenters. The Balaban J connectivity index is 1.62. The molecular weight excluding hydrogens is 246 g/mol. The molecule has 1 aromatic carbocycles. The number of hydrogen-bond acceptors (Lipinski definition) is 3. The summed E-state index contributed by atoms with van der Waals surface area (Å²) >= 11 is 0. The fourth-order valence-electron chi connectivity index (χ4n) is 3.76. The number of benzene rings is 1. The zero-order valence-corrected chi connectivity index (χ0v) is 13.0. The molecular formula is C17H27N3. The highest BCUT2D eigenvalue weighted by atomic mass is 15.2. The lowest BCUT2D eigenvalue weighted by atomic mass is 10.0. The summed E-state index contributed by atoms with van der Waals surface area (Å²) in [7, 11) is 4.17. The van der Waals surface area contributed by atoms with Crippen molar-refractivity contribution >= 4 is 5.69 Å². The van der Waals surface area contributed by atoms with E-state index in [1.807, 2.05) is 0 Å². The summed E-state index contributed by atoms with van der Waals surface area (Å²) in [5.41, 5.74) is 2.66. The van der Waals surface area contributed by atoms with E-state index in [1.165, 1.54) is 43.6 Å². The first-order valence-corrected chi connectivity index (χ1v) is 7.92. The predicted octanol–water partition coefficient (Wildman–Crippen LogP) is 2.64. The number of anilines is 1. The number of rotatable bonds is 4. The van der Waals surface area contributed by atoms with Crippen LogP contribution >= 0.6 is 0 Å². The molecule has 2 fully saturated rings. The lowest BCUT2D eigenvalue weighted by Crippen LogP contribution is -2.40. The van der Waals surface area contributed by atoms with Crippen molar-refractivity contribution in [3.63, 3.8) is 0 Å². The third-order valence-corrected chi connectivity index (χ3v) is 4.98. The summed E-state index contributed by atoms with van der Waals surface area (Å²) in [6.07, 6.45) is 4.07. The molecule has 110 valence electrons. The van der Waals surface area contributed by atoms with Gasteiger partial charge in [-0.15, -0.1) is 0 Å². The van der Waals surface area contributed by atoms with E-state index in [-0.39, 0.29) is 0 Å². The second-order valence-electron chi connectivity index (χ2n) is 6.52. The zero-order valence-electron chi connectivity index (χ0n) is 13.0. The normalized spacial score (nSPS) is 27.6. The molecule has 2 aliphatic rings. The van der Waals surface area contributed by atoms with E-state index in [9.17, 15) is 0 Å². The lowest BCUT2D eigenvalue weighted by Gasteiger charge is -2.25. The van der Waals surface area contributed by atoms with Crippen molar-refractivity contribution in [2.45, 2.75) is 44.3 Å². The molecule has 0 amide bonds. The molecule has 3 rings (SSSR count). The van der Waals surface area contributed by atoms with Crippen LogP contribution in [0.3, 0.4) is 0 Å². The number of hydrogen-bond donors (Lipinski definition) is 1. The Hall–Kier alpha value is -1.06. The number of nitrogens with one attached hydrogen (secondary N) is 1. The second kappa shape index (κ2) is 5.74. The van der Waals surface area contributed by atoms with Crippen LogP contribution in [-0.2, 0) is 0 Å². The van der Waals surface area contributed by atoms with Gasteiger partial charge in [0.2, 0.25) is 0 Å². The van der Waals surface area contributed by atoms with E-state index < -0.39 is 0 Å². The van der Waals surface area contributed by atoms with Gasteiger partial charge in [-0.25, -0.2) is 0 Å². The Labute approximate surface area is 123 Å². The molecule has 0 aromatic heterocycles. The summed E-state index contributed by atoms with van der Waals surface area (Å²) in [6.45, 7) is 4.89. The van der Waals surface area contributed by atoms with Gasteiger partial charge in [0, 0.05) is 44.5 Å². The minimum absolute atomic E-state index is 0.441. The van der Waals surface area contributed by atoms with Crippen molar-refractivity contribution in [2.75, 3.05) is 32.1 Å². The fraction of sp³-hybridized carbons (Fsp3) is 0.647. The van der Waals surface area contributed by atoms with Crippen LogP contribution < -0.4 is 10.2 Å². The van der Waals surface area contributed by atoms with E-state index in [0.717, 1.165) is 6.04 Å². The SMILES string of the molecule is CC(NC1CCN2CCCC12)c1ccc(N(C)C)cc1. The van der Waals surface area contributed by atoms with Gasteiger partial charge in [-0.3, -0.25) is 4.90 Å². The summed E-state index contributed by atoms with van der Waals surface area (Å²) in [5.74, 6) is 0. The first-order valence-electron chi connectivity index (χ1n) is 7.92. The molecule has 3 atom stereocenters. The van der Waals surface area contributed by atoms with Crippen molar-refractivity contribution in [3.8, 4) is 0 Å². The number of nitrogens with zero attached hydrogens (tertiary/aromatic N) is 2. The fourth-order valence-corrected chi connectivity index (χ4v) is 3.76. The zero-order chi connectivity index (χ0) is 14.1. The van der Waals surface area contributed by atoms with Gasteiger partial charge in [-0.1, -0.05) is 12.1 Å². The molecule has 0 aliphatic carbocycles. The largest absolute Gasteiger partial charge is 0.378 e. The van der Waals surface area contributed by atoms with Crippen LogP contribution in [0.15, 0.2) is 24.3 Å². The average molecular weight is 273 g/mol. The maximum atomic E-state index is 3.86. The van der Waals surface area contributed by atoms with Gasteiger partial charge in [0.15, 0.2) is 0 Å². The first kappa shape index (κ1) is 13.9. The van der Waals surface area contributed by atoms with Gasteiger partial charge in [-0.05, 0) is 50.4 Å². The molecule has 2 aliphatic heterocycles. The van der Waals surface area contributed by atoms with E-state index >= 15 is 0 Å². The van der Waals surface area contributed by atoms with Crippen molar-refractivity contribution in [2.24, 2.45) is 0 Å². The molecule has 1 aromatic rings. The monoisotopic (exact) mass is 273 g/mol. The Morgan fingerprint density at radius 3 is 2.60 bits per heavy atom. The van der Waals surface area contributed by atoms with Crippen molar-refractivity contribution in [1.82, 2.24) is 10.2 Å². The summed E-state index contributed by atoms with van der Waals surface area (Å²) in [6, 6.07) is 10.9. The van der Waals surface area contributed by atoms with Crippen LogP contribution in [-0.4, -0.2) is 44.2 Å². The van der Waals surface area contributed by atoms with Gasteiger partial charge >= 0.3 is 0 Å². The topological polar surface area (TPSA) is 18.5 Å². The van der Waals surface area contributed by atoms with E-state index in [1.54, 1.807) is 0 Å². The highest BCUT2D eigenvalue weighted by Gasteiger charge is 2.37. The Kier molecular flexibility index (Phi) is 3.99. The van der Waals surface area contributed by atoms with Crippen LogP contribution in [0.25, 0.3) is 0 Å². The predicted molar refractivity (Wildman–Crippen MR) is 85.3 cm³/mol. The summed E-state index contributed by atoms with van der Waals surface area (Å²) < 4.78 is 0. The molecule has 0 spiro atoms. The molecule has 0 radical (unpaired) electrons. The molecule has 1 N–H and O–H groups in total.